The Bertz CT molecular complexity index is 1030. The van der Waals surface area contributed by atoms with Gasteiger partial charge in [0.2, 0.25) is 5.91 Å². The number of hydrogen-bond donors (Lipinski definition) is 1. The third-order valence-electron chi connectivity index (χ3n) is 4.08. The van der Waals surface area contributed by atoms with Gasteiger partial charge in [0.15, 0.2) is 0 Å². The molecule has 0 saturated heterocycles. The molecule has 5 nitrogen and oxygen atoms in total. The van der Waals surface area contributed by atoms with Crippen LogP contribution in [0.4, 0.5) is 14.5 Å². The second-order valence-corrected chi connectivity index (χ2v) is 6.28. The van der Waals surface area contributed by atoms with E-state index in [9.17, 15) is 18.4 Å². The van der Waals surface area contributed by atoms with E-state index in [1.54, 1.807) is 38.1 Å². The number of halogens is 2. The molecular formula is C19H17F2N3O2. The number of nitrogens with one attached hydrogen (secondary N) is 1. The van der Waals surface area contributed by atoms with Gasteiger partial charge in [-0.25, -0.2) is 13.8 Å². The van der Waals surface area contributed by atoms with Crippen LogP contribution in [0.5, 0.6) is 0 Å². The van der Waals surface area contributed by atoms with Crippen LogP contribution in [0, 0.1) is 17.6 Å². The van der Waals surface area contributed by atoms with E-state index in [1.165, 1.54) is 10.9 Å². The second kappa shape index (κ2) is 7.03. The first-order chi connectivity index (χ1) is 12.4. The van der Waals surface area contributed by atoms with E-state index in [1.807, 2.05) is 0 Å². The monoisotopic (exact) mass is 357 g/mol. The number of rotatable bonds is 4. The number of fused-ring (bicyclic) bond motifs is 1. The Balaban J connectivity index is 2.00. The van der Waals surface area contributed by atoms with Crippen LogP contribution >= 0.6 is 0 Å². The van der Waals surface area contributed by atoms with Crippen LogP contribution in [-0.2, 0) is 4.79 Å². The quantitative estimate of drug-likeness (QED) is 0.777. The van der Waals surface area contributed by atoms with E-state index in [-0.39, 0.29) is 17.2 Å². The maximum Gasteiger partial charge on any atom is 0.261 e. The molecule has 1 heterocycles. The number of anilines is 1. The van der Waals surface area contributed by atoms with Crippen LogP contribution in [0.15, 0.2) is 53.6 Å². The van der Waals surface area contributed by atoms with E-state index in [2.05, 4.69) is 10.3 Å². The molecule has 1 unspecified atom stereocenters. The van der Waals surface area contributed by atoms with Gasteiger partial charge in [-0.05, 0) is 30.2 Å². The number of nitrogens with zero attached hydrogens (tertiary/aromatic N) is 2. The van der Waals surface area contributed by atoms with Crippen molar-refractivity contribution in [1.82, 2.24) is 9.55 Å². The van der Waals surface area contributed by atoms with Crippen molar-refractivity contribution in [2.24, 2.45) is 5.92 Å². The summed E-state index contributed by atoms with van der Waals surface area (Å²) in [5, 5.41) is 2.81. The maximum atomic E-state index is 13.8. The average Bonchev–Trinajstić information content (AvgIpc) is 2.59. The number of carbonyl (C=O) groups is 1. The standard InChI is InChI=1S/C19H17F2N3O2/c1-11(2)17(18(25)23-16-8-7-12(20)9-14(16)21)24-10-22-15-6-4-3-5-13(15)19(24)26/h3-11,17H,1-2H3,(H,23,25). The predicted molar refractivity (Wildman–Crippen MR) is 94.9 cm³/mol. The second-order valence-electron chi connectivity index (χ2n) is 6.28. The molecule has 3 rings (SSSR count). The highest BCUT2D eigenvalue weighted by atomic mass is 19.1. The first-order valence-electron chi connectivity index (χ1n) is 8.10. The summed E-state index contributed by atoms with van der Waals surface area (Å²) in [6, 6.07) is 8.80. The summed E-state index contributed by atoms with van der Waals surface area (Å²) in [5.41, 5.74) is 0.0223. The van der Waals surface area contributed by atoms with Crippen molar-refractivity contribution in [3.8, 4) is 0 Å². The van der Waals surface area contributed by atoms with Gasteiger partial charge in [-0.2, -0.15) is 0 Å². The van der Waals surface area contributed by atoms with Gasteiger partial charge in [0.1, 0.15) is 17.7 Å². The van der Waals surface area contributed by atoms with Crippen molar-refractivity contribution in [3.63, 3.8) is 0 Å². The molecule has 0 aliphatic heterocycles. The van der Waals surface area contributed by atoms with Crippen LogP contribution in [0.25, 0.3) is 10.9 Å². The van der Waals surface area contributed by atoms with Crippen LogP contribution in [0.3, 0.4) is 0 Å². The molecule has 26 heavy (non-hydrogen) atoms. The lowest BCUT2D eigenvalue weighted by Crippen LogP contribution is -2.36. The summed E-state index contributed by atoms with van der Waals surface area (Å²) in [6.45, 7) is 3.54. The lowest BCUT2D eigenvalue weighted by atomic mass is 10.0. The molecule has 0 bridgehead atoms. The molecule has 2 aromatic carbocycles. The highest BCUT2D eigenvalue weighted by molar-refractivity contribution is 5.94. The van der Waals surface area contributed by atoms with Gasteiger partial charge in [-0.3, -0.25) is 14.2 Å². The van der Waals surface area contributed by atoms with Crippen LogP contribution < -0.4 is 10.9 Å². The summed E-state index contributed by atoms with van der Waals surface area (Å²) in [6.07, 6.45) is 1.32. The minimum Gasteiger partial charge on any atom is -0.322 e. The van der Waals surface area contributed by atoms with Gasteiger partial charge < -0.3 is 5.32 Å². The van der Waals surface area contributed by atoms with E-state index in [0.717, 1.165) is 12.1 Å². The number of hydrogen-bond acceptors (Lipinski definition) is 3. The van der Waals surface area contributed by atoms with Crippen LogP contribution in [0.2, 0.25) is 0 Å². The molecule has 1 atom stereocenters. The van der Waals surface area contributed by atoms with Gasteiger partial charge in [0.25, 0.3) is 5.56 Å². The number of benzene rings is 2. The lowest BCUT2D eigenvalue weighted by molar-refractivity contribution is -0.120. The van der Waals surface area contributed by atoms with Crippen LogP contribution in [-0.4, -0.2) is 15.5 Å². The third kappa shape index (κ3) is 3.33. The molecule has 0 aliphatic rings. The highest BCUT2D eigenvalue weighted by Gasteiger charge is 2.26. The first-order valence-corrected chi connectivity index (χ1v) is 8.10. The Hall–Kier alpha value is -3.09. The number of amides is 1. The average molecular weight is 357 g/mol. The lowest BCUT2D eigenvalue weighted by Gasteiger charge is -2.22. The molecule has 7 heteroatoms. The van der Waals surface area contributed by atoms with E-state index in [0.29, 0.717) is 17.0 Å². The topological polar surface area (TPSA) is 64.0 Å². The van der Waals surface area contributed by atoms with E-state index >= 15 is 0 Å². The summed E-state index contributed by atoms with van der Waals surface area (Å²) in [7, 11) is 0. The largest absolute Gasteiger partial charge is 0.322 e. The van der Waals surface area contributed by atoms with E-state index in [4.69, 9.17) is 0 Å². The van der Waals surface area contributed by atoms with Crippen molar-refractivity contribution >= 4 is 22.5 Å². The van der Waals surface area contributed by atoms with Gasteiger partial charge in [-0.1, -0.05) is 26.0 Å². The highest BCUT2D eigenvalue weighted by Crippen LogP contribution is 2.21. The fourth-order valence-electron chi connectivity index (χ4n) is 2.83. The Morgan fingerprint density at radius 2 is 1.88 bits per heavy atom. The molecule has 1 aromatic heterocycles. The zero-order chi connectivity index (χ0) is 18.8. The zero-order valence-electron chi connectivity index (χ0n) is 14.2. The van der Waals surface area contributed by atoms with Crippen molar-refractivity contribution in [2.75, 3.05) is 5.32 Å². The Morgan fingerprint density at radius 3 is 2.58 bits per heavy atom. The number of carbonyl (C=O) groups excluding carboxylic acids is 1. The van der Waals surface area contributed by atoms with Crippen molar-refractivity contribution < 1.29 is 13.6 Å². The van der Waals surface area contributed by atoms with Crippen molar-refractivity contribution in [2.45, 2.75) is 19.9 Å². The normalized spacial score (nSPS) is 12.3. The van der Waals surface area contributed by atoms with E-state index < -0.39 is 23.6 Å². The molecule has 0 fully saturated rings. The molecule has 0 radical (unpaired) electrons. The Morgan fingerprint density at radius 1 is 1.15 bits per heavy atom. The van der Waals surface area contributed by atoms with Gasteiger partial charge >= 0.3 is 0 Å². The third-order valence-corrected chi connectivity index (χ3v) is 4.08. The maximum absolute atomic E-state index is 13.8. The summed E-state index contributed by atoms with van der Waals surface area (Å²) < 4.78 is 28.1. The fraction of sp³-hybridized carbons (Fsp3) is 0.211. The fourth-order valence-corrected chi connectivity index (χ4v) is 2.83. The molecule has 0 spiro atoms. The zero-order valence-corrected chi connectivity index (χ0v) is 14.2. The molecule has 134 valence electrons. The first kappa shape index (κ1) is 17.7. The Kier molecular flexibility index (Phi) is 4.79. The minimum atomic E-state index is -0.899. The van der Waals surface area contributed by atoms with Crippen molar-refractivity contribution in [1.29, 1.82) is 0 Å². The Labute approximate surface area is 148 Å². The van der Waals surface area contributed by atoms with Gasteiger partial charge in [0, 0.05) is 6.07 Å². The molecule has 3 aromatic rings. The molecule has 0 aliphatic carbocycles. The molecular weight excluding hydrogens is 340 g/mol. The smallest absolute Gasteiger partial charge is 0.261 e. The van der Waals surface area contributed by atoms with Gasteiger partial charge in [-0.15, -0.1) is 0 Å². The van der Waals surface area contributed by atoms with Crippen molar-refractivity contribution in [3.05, 3.63) is 70.8 Å². The van der Waals surface area contributed by atoms with Crippen LogP contribution in [0.1, 0.15) is 19.9 Å². The van der Waals surface area contributed by atoms with Gasteiger partial charge in [0.05, 0.1) is 22.9 Å². The number of para-hydroxylation sites is 1. The predicted octanol–water partition coefficient (Wildman–Crippen LogP) is 3.51. The summed E-state index contributed by atoms with van der Waals surface area (Å²) in [5.74, 6) is -2.47. The molecule has 1 N–H and O–H groups in total. The SMILES string of the molecule is CC(C)C(C(=O)Nc1ccc(F)cc1F)n1cnc2ccccc2c1=O. The summed E-state index contributed by atoms with van der Waals surface area (Å²) in [4.78, 5) is 29.7. The molecule has 0 saturated carbocycles. The summed E-state index contributed by atoms with van der Waals surface area (Å²) >= 11 is 0. The minimum absolute atomic E-state index is 0.149. The molecule has 1 amide bonds. The number of aromatic nitrogens is 2.